The van der Waals surface area contributed by atoms with Crippen molar-refractivity contribution in [1.29, 1.82) is 0 Å². The molecule has 2 N–H and O–H groups in total. The van der Waals surface area contributed by atoms with Crippen LogP contribution in [0.5, 0.6) is 5.75 Å². The first-order chi connectivity index (χ1) is 23.1. The van der Waals surface area contributed by atoms with Crippen LogP contribution in [0.1, 0.15) is 67.4 Å². The molecule has 49 heavy (non-hydrogen) atoms. The maximum Gasteiger partial charge on any atom is 0.264 e. The van der Waals surface area contributed by atoms with Crippen LogP contribution in [0, 0.1) is 11.8 Å². The van der Waals surface area contributed by atoms with E-state index in [4.69, 9.17) is 21.1 Å². The quantitative estimate of drug-likeness (QED) is 0.456. The number of ether oxygens (including phenoxy) is 2. The van der Waals surface area contributed by atoms with Crippen LogP contribution in [-0.2, 0) is 31.4 Å². The highest BCUT2D eigenvalue weighted by Crippen LogP contribution is 2.46. The molecule has 2 aromatic rings. The lowest BCUT2D eigenvalue weighted by molar-refractivity contribution is -0.141. The fraction of sp³-hybridized carbons (Fsp3) is 0.556. The van der Waals surface area contributed by atoms with E-state index in [-0.39, 0.29) is 25.1 Å². The summed E-state index contributed by atoms with van der Waals surface area (Å²) in [5.41, 5.74) is 0.221. The summed E-state index contributed by atoms with van der Waals surface area (Å²) in [6.07, 6.45) is 2.55. The Morgan fingerprint density at radius 2 is 1.98 bits per heavy atom. The first-order valence-corrected chi connectivity index (χ1v) is 18.8. The van der Waals surface area contributed by atoms with Crippen LogP contribution in [0.3, 0.4) is 0 Å². The number of nitrogens with one attached hydrogen (secondary N) is 1. The van der Waals surface area contributed by atoms with Crippen LogP contribution in [0.25, 0.3) is 0 Å². The normalized spacial score (nSPS) is 32.5. The fourth-order valence-electron chi connectivity index (χ4n) is 7.84. The first-order valence-electron chi connectivity index (χ1n) is 16.9. The van der Waals surface area contributed by atoms with Crippen LogP contribution < -0.4 is 14.4 Å². The van der Waals surface area contributed by atoms with Crippen molar-refractivity contribution in [3.05, 3.63) is 70.0 Å². The summed E-state index contributed by atoms with van der Waals surface area (Å²) in [5.74, 6) is -2.73. The van der Waals surface area contributed by atoms with Crippen LogP contribution in [0.2, 0.25) is 5.02 Å². The molecular weight excluding hydrogens is 673 g/mol. The third-order valence-corrected chi connectivity index (χ3v) is 13.1. The smallest absolute Gasteiger partial charge is 0.264 e. The van der Waals surface area contributed by atoms with Crippen LogP contribution in [-0.4, -0.2) is 87.6 Å². The molecule has 1 saturated heterocycles. The third kappa shape index (κ3) is 6.81. The van der Waals surface area contributed by atoms with Crippen LogP contribution in [0.15, 0.2) is 48.3 Å². The Balaban J connectivity index is 1.50. The summed E-state index contributed by atoms with van der Waals surface area (Å²) in [6, 6.07) is 10.8. The molecule has 1 fully saturated rings. The second-order valence-corrected chi connectivity index (χ2v) is 16.9. The Kier molecular flexibility index (Phi) is 9.82. The molecule has 6 atom stereocenters. The number of anilines is 1. The lowest BCUT2D eigenvalue weighted by Gasteiger charge is -2.42. The summed E-state index contributed by atoms with van der Waals surface area (Å²) in [7, 11) is -1.10. The van der Waals surface area contributed by atoms with Gasteiger partial charge in [0.25, 0.3) is 5.91 Å². The fourth-order valence-corrected chi connectivity index (χ4v) is 9.32. The number of carbonyl (C=O) groups excluding carboxylic acids is 2. The Morgan fingerprint density at radius 3 is 2.73 bits per heavy atom. The number of nitrogens with zero attached hydrogens (tertiary/aromatic N) is 2. The number of allylic oxidation sites excluding steroid dienone is 1. The number of carbonyl (C=O) groups is 2. The number of halogens is 2. The van der Waals surface area contributed by atoms with Crippen molar-refractivity contribution in [1.82, 2.24) is 9.62 Å². The van der Waals surface area contributed by atoms with Gasteiger partial charge in [0.15, 0.2) is 5.60 Å². The minimum absolute atomic E-state index is 0.0633. The van der Waals surface area contributed by atoms with Crippen molar-refractivity contribution in [2.24, 2.45) is 11.8 Å². The highest BCUT2D eigenvalue weighted by molar-refractivity contribution is 7.90. The van der Waals surface area contributed by atoms with E-state index >= 15 is 4.39 Å². The standard InChI is InChI=1S/C36H45ClFN3O7S/c1-22-7-12-31(38)36(44,18-32(42)40(3)4)33-26(13-15-47-33)19-41-20-35(14-5-6-24-16-27(37)9-10-28(24)35)21-48-30-11-8-25(17-29(30)41)34(43)39-49(45,46)23(22)2/h8-12,16-17,22-23,26,33,44H,5-7,13-15,18-21H2,1-4H3,(H,39,43)/b31-12-/t22-,23+,26-,33+,35-,36+/m0/s1. The van der Waals surface area contributed by atoms with E-state index in [1.807, 2.05) is 18.2 Å². The number of aliphatic hydroxyl groups is 1. The van der Waals surface area contributed by atoms with E-state index in [0.717, 1.165) is 36.5 Å². The zero-order chi connectivity index (χ0) is 35.3. The van der Waals surface area contributed by atoms with Crippen molar-refractivity contribution in [2.75, 3.05) is 45.3 Å². The number of hydrogen-bond acceptors (Lipinski definition) is 8. The van der Waals surface area contributed by atoms with E-state index in [2.05, 4.69) is 9.62 Å². The van der Waals surface area contributed by atoms with Crippen molar-refractivity contribution >= 4 is 39.1 Å². The number of sulfonamides is 1. The van der Waals surface area contributed by atoms with Crippen molar-refractivity contribution < 1.29 is 37.0 Å². The van der Waals surface area contributed by atoms with Crippen molar-refractivity contribution in [2.45, 2.75) is 74.7 Å². The molecule has 266 valence electrons. The van der Waals surface area contributed by atoms with E-state index in [9.17, 15) is 23.1 Å². The van der Waals surface area contributed by atoms with Gasteiger partial charge in [-0.15, -0.1) is 0 Å². The molecule has 2 bridgehead atoms. The summed E-state index contributed by atoms with van der Waals surface area (Å²) >= 11 is 6.41. The summed E-state index contributed by atoms with van der Waals surface area (Å²) in [5, 5.41) is 11.8. The number of aryl methyl sites for hydroxylation is 1. The second-order valence-electron chi connectivity index (χ2n) is 14.5. The molecule has 0 saturated carbocycles. The average molecular weight is 718 g/mol. The molecular formula is C36H45ClFN3O7S. The topological polar surface area (TPSA) is 125 Å². The summed E-state index contributed by atoms with van der Waals surface area (Å²) in [4.78, 5) is 30.0. The molecule has 0 aromatic heterocycles. The molecule has 0 radical (unpaired) electrons. The minimum Gasteiger partial charge on any atom is -0.490 e. The van der Waals surface area contributed by atoms with Crippen LogP contribution in [0.4, 0.5) is 10.1 Å². The minimum atomic E-state index is -4.18. The van der Waals surface area contributed by atoms with Crippen molar-refractivity contribution in [3.63, 3.8) is 0 Å². The monoisotopic (exact) mass is 717 g/mol. The number of rotatable bonds is 2. The van der Waals surface area contributed by atoms with Gasteiger partial charge in [-0.3, -0.25) is 9.59 Å². The molecule has 1 spiro atoms. The van der Waals surface area contributed by atoms with Gasteiger partial charge >= 0.3 is 0 Å². The van der Waals surface area contributed by atoms with Crippen molar-refractivity contribution in [3.8, 4) is 5.75 Å². The van der Waals surface area contributed by atoms with Gasteiger partial charge in [-0.05, 0) is 92.5 Å². The molecule has 4 aliphatic rings. The number of fused-ring (bicyclic) bond motifs is 4. The lowest BCUT2D eigenvalue weighted by atomic mass is 9.70. The van der Waals surface area contributed by atoms with Gasteiger partial charge in [0.05, 0.1) is 30.1 Å². The van der Waals surface area contributed by atoms with Gasteiger partial charge in [-0.2, -0.15) is 0 Å². The van der Waals surface area contributed by atoms with Gasteiger partial charge < -0.3 is 24.4 Å². The molecule has 3 heterocycles. The zero-order valence-electron chi connectivity index (χ0n) is 28.4. The molecule has 3 aliphatic heterocycles. The van der Waals surface area contributed by atoms with Gasteiger partial charge in [-0.1, -0.05) is 24.6 Å². The predicted molar refractivity (Wildman–Crippen MR) is 185 cm³/mol. The molecule has 0 unspecified atom stereocenters. The number of benzene rings is 2. The molecule has 6 rings (SSSR count). The highest BCUT2D eigenvalue weighted by atomic mass is 35.5. The summed E-state index contributed by atoms with van der Waals surface area (Å²) in [6.45, 7) is 4.43. The van der Waals surface area contributed by atoms with E-state index < -0.39 is 68.3 Å². The second kappa shape index (κ2) is 13.5. The Hall–Kier alpha value is -3.19. The van der Waals surface area contributed by atoms with Crippen LogP contribution >= 0.6 is 11.6 Å². The molecule has 1 aliphatic carbocycles. The highest BCUT2D eigenvalue weighted by Gasteiger charge is 2.51. The average Bonchev–Trinajstić information content (AvgIpc) is 3.47. The largest absolute Gasteiger partial charge is 0.490 e. The Bertz CT molecular complexity index is 1770. The molecule has 2 amide bonds. The maximum atomic E-state index is 16.4. The number of amides is 2. The lowest BCUT2D eigenvalue weighted by Crippen LogP contribution is -2.53. The Morgan fingerprint density at radius 1 is 1.20 bits per heavy atom. The third-order valence-electron chi connectivity index (χ3n) is 11.0. The SMILES string of the molecule is C[C@@H]1[C@@H](C)C/C=C(\F)[C@](O)(CC(=O)N(C)C)[C@@H]2OCC[C@H]2CN2C[C@@]3(CCCc4cc(Cl)ccc43)COc3ccc(cc32)C(=O)NS1(=O)=O. The zero-order valence-corrected chi connectivity index (χ0v) is 29.9. The molecule has 13 heteroatoms. The summed E-state index contributed by atoms with van der Waals surface area (Å²) < 4.78 is 58.1. The van der Waals surface area contributed by atoms with E-state index in [1.54, 1.807) is 39.2 Å². The van der Waals surface area contributed by atoms with Gasteiger partial charge in [-0.25, -0.2) is 17.5 Å². The van der Waals surface area contributed by atoms with E-state index in [1.165, 1.54) is 11.8 Å². The van der Waals surface area contributed by atoms with Gasteiger partial charge in [0, 0.05) is 55.7 Å². The number of hydrogen-bond donors (Lipinski definition) is 2. The predicted octanol–water partition coefficient (Wildman–Crippen LogP) is 4.77. The van der Waals surface area contributed by atoms with E-state index in [0.29, 0.717) is 36.0 Å². The Labute approximate surface area is 292 Å². The maximum absolute atomic E-state index is 16.4. The first kappa shape index (κ1) is 35.6. The molecule has 2 aromatic carbocycles. The van der Waals surface area contributed by atoms with Gasteiger partial charge in [0.2, 0.25) is 15.9 Å². The van der Waals surface area contributed by atoms with Gasteiger partial charge in [0.1, 0.15) is 11.6 Å². The molecule has 10 nitrogen and oxygen atoms in total.